The van der Waals surface area contributed by atoms with Crippen LogP contribution >= 0.6 is 43.2 Å². The number of hydrogen-bond acceptors (Lipinski definition) is 4. The zero-order chi connectivity index (χ0) is 12.4. The highest BCUT2D eigenvalue weighted by atomic mass is 79.9. The van der Waals surface area contributed by atoms with Gasteiger partial charge in [-0.05, 0) is 45.0 Å². The smallest absolute Gasteiger partial charge is 0.138 e. The molecule has 2 heterocycles. The number of nitrogens with zero attached hydrogens (tertiary/aromatic N) is 3. The van der Waals surface area contributed by atoms with Crippen molar-refractivity contribution in [1.82, 2.24) is 20.1 Å². The first-order valence-corrected chi connectivity index (χ1v) is 7.47. The van der Waals surface area contributed by atoms with E-state index in [2.05, 4.69) is 53.3 Å². The Morgan fingerprint density at radius 2 is 2.29 bits per heavy atom. The van der Waals surface area contributed by atoms with Crippen LogP contribution in [0.5, 0.6) is 0 Å². The van der Waals surface area contributed by atoms with Gasteiger partial charge in [0.15, 0.2) is 0 Å². The number of likely N-dealkylation sites (N-methyl/N-ethyl adjacent to an activating group) is 1. The minimum absolute atomic E-state index is 0.255. The van der Waals surface area contributed by atoms with Crippen molar-refractivity contribution in [2.45, 2.75) is 12.5 Å². The van der Waals surface area contributed by atoms with Gasteiger partial charge < -0.3 is 5.32 Å². The summed E-state index contributed by atoms with van der Waals surface area (Å²) in [6.45, 7) is 0. The number of halogens is 2. The molecule has 0 saturated heterocycles. The van der Waals surface area contributed by atoms with Crippen molar-refractivity contribution in [3.05, 3.63) is 31.4 Å². The Hall–Kier alpha value is -0.240. The van der Waals surface area contributed by atoms with E-state index in [1.165, 1.54) is 4.88 Å². The molecule has 0 radical (unpaired) electrons. The van der Waals surface area contributed by atoms with E-state index in [-0.39, 0.29) is 6.04 Å². The predicted octanol–water partition coefficient (Wildman–Crippen LogP) is 2.90. The second-order valence-electron chi connectivity index (χ2n) is 3.62. The summed E-state index contributed by atoms with van der Waals surface area (Å²) in [6, 6.07) is 2.39. The molecule has 0 aliphatic rings. The average molecular weight is 380 g/mol. The van der Waals surface area contributed by atoms with E-state index in [0.717, 1.165) is 20.5 Å². The van der Waals surface area contributed by atoms with Gasteiger partial charge in [0, 0.05) is 28.9 Å². The van der Waals surface area contributed by atoms with Crippen LogP contribution in [0.15, 0.2) is 20.7 Å². The van der Waals surface area contributed by atoms with Gasteiger partial charge in [0.2, 0.25) is 0 Å². The van der Waals surface area contributed by atoms with Gasteiger partial charge in [-0.3, -0.25) is 4.68 Å². The largest absolute Gasteiger partial charge is 0.312 e. The first kappa shape index (κ1) is 13.2. The lowest BCUT2D eigenvalue weighted by Crippen LogP contribution is -2.19. The molecule has 0 saturated carbocycles. The van der Waals surface area contributed by atoms with E-state index >= 15 is 0 Å². The fraction of sp³-hybridized carbons (Fsp3) is 0.400. The molecule has 0 aliphatic carbocycles. The van der Waals surface area contributed by atoms with Crippen LogP contribution in [0.1, 0.15) is 16.7 Å². The summed E-state index contributed by atoms with van der Waals surface area (Å²) in [6.07, 6.45) is 2.41. The van der Waals surface area contributed by atoms with E-state index in [1.807, 2.05) is 18.8 Å². The third-order valence-corrected chi connectivity index (χ3v) is 5.92. The monoisotopic (exact) mass is 378 g/mol. The molecular formula is C10H12Br2N4S. The van der Waals surface area contributed by atoms with Crippen molar-refractivity contribution in [1.29, 1.82) is 0 Å². The Balaban J connectivity index is 2.20. The molecule has 0 spiro atoms. The van der Waals surface area contributed by atoms with Gasteiger partial charge in [0.25, 0.3) is 0 Å². The van der Waals surface area contributed by atoms with Crippen molar-refractivity contribution >= 4 is 43.2 Å². The molecule has 0 aromatic carbocycles. The Kier molecular flexibility index (Phi) is 4.35. The van der Waals surface area contributed by atoms with E-state index in [0.29, 0.717) is 0 Å². The lowest BCUT2D eigenvalue weighted by Gasteiger charge is -2.13. The van der Waals surface area contributed by atoms with Crippen molar-refractivity contribution in [2.75, 3.05) is 7.05 Å². The fourth-order valence-corrected chi connectivity index (χ4v) is 3.77. The molecule has 17 heavy (non-hydrogen) atoms. The Morgan fingerprint density at radius 3 is 2.76 bits per heavy atom. The summed E-state index contributed by atoms with van der Waals surface area (Å²) in [5, 5.41) is 7.40. The number of aromatic nitrogens is 3. The summed E-state index contributed by atoms with van der Waals surface area (Å²) in [4.78, 5) is 5.52. The normalized spacial score (nSPS) is 12.9. The molecule has 0 bridgehead atoms. The molecule has 92 valence electrons. The highest BCUT2D eigenvalue weighted by molar-refractivity contribution is 9.13. The SMILES string of the molecule is CNC(Cc1ncnn1C)c1cc(Br)c(Br)s1. The zero-order valence-electron chi connectivity index (χ0n) is 9.44. The van der Waals surface area contributed by atoms with Crippen LogP contribution in [0.2, 0.25) is 0 Å². The molecule has 2 rings (SSSR count). The lowest BCUT2D eigenvalue weighted by molar-refractivity contribution is 0.560. The summed E-state index contributed by atoms with van der Waals surface area (Å²) < 4.78 is 4.02. The molecule has 2 aromatic rings. The van der Waals surface area contributed by atoms with Gasteiger partial charge in [-0.1, -0.05) is 0 Å². The summed E-state index contributed by atoms with van der Waals surface area (Å²) in [5.74, 6) is 0.977. The van der Waals surface area contributed by atoms with Gasteiger partial charge in [-0.2, -0.15) is 5.10 Å². The van der Waals surface area contributed by atoms with Crippen LogP contribution in [0.4, 0.5) is 0 Å². The number of thiophene rings is 1. The van der Waals surface area contributed by atoms with Crippen molar-refractivity contribution < 1.29 is 0 Å². The van der Waals surface area contributed by atoms with Crippen molar-refractivity contribution in [3.63, 3.8) is 0 Å². The van der Waals surface area contributed by atoms with Gasteiger partial charge in [0.1, 0.15) is 12.2 Å². The fourth-order valence-electron chi connectivity index (χ4n) is 1.57. The molecule has 1 atom stereocenters. The molecule has 7 heteroatoms. The van der Waals surface area contributed by atoms with E-state index < -0.39 is 0 Å². The Labute approximate surface area is 121 Å². The molecule has 2 aromatic heterocycles. The van der Waals surface area contributed by atoms with Crippen LogP contribution in [-0.4, -0.2) is 21.8 Å². The van der Waals surface area contributed by atoms with Crippen molar-refractivity contribution in [3.8, 4) is 0 Å². The maximum atomic E-state index is 4.25. The predicted molar refractivity (Wildman–Crippen MR) is 76.2 cm³/mol. The van der Waals surface area contributed by atoms with Crippen LogP contribution in [0.3, 0.4) is 0 Å². The maximum absolute atomic E-state index is 4.25. The lowest BCUT2D eigenvalue weighted by atomic mass is 10.1. The number of aryl methyl sites for hydroxylation is 1. The van der Waals surface area contributed by atoms with Crippen LogP contribution in [0.25, 0.3) is 0 Å². The highest BCUT2D eigenvalue weighted by Gasteiger charge is 2.16. The topological polar surface area (TPSA) is 42.7 Å². The first-order valence-electron chi connectivity index (χ1n) is 5.06. The zero-order valence-corrected chi connectivity index (χ0v) is 13.4. The van der Waals surface area contributed by atoms with E-state index in [1.54, 1.807) is 17.7 Å². The minimum Gasteiger partial charge on any atom is -0.312 e. The van der Waals surface area contributed by atoms with Crippen LogP contribution in [0, 0.1) is 0 Å². The minimum atomic E-state index is 0.255. The molecule has 1 N–H and O–H groups in total. The van der Waals surface area contributed by atoms with Crippen LogP contribution < -0.4 is 5.32 Å². The second kappa shape index (κ2) is 5.60. The molecule has 0 aliphatic heterocycles. The third kappa shape index (κ3) is 2.96. The standard InChI is InChI=1S/C10H12Br2N4S/c1-13-7(4-9-14-5-15-16(9)2)8-3-6(11)10(12)17-8/h3,5,7,13H,4H2,1-2H3. The van der Waals surface area contributed by atoms with Crippen LogP contribution in [-0.2, 0) is 13.5 Å². The Morgan fingerprint density at radius 1 is 1.53 bits per heavy atom. The summed E-state index contributed by atoms with van der Waals surface area (Å²) >= 11 is 8.75. The molecule has 4 nitrogen and oxygen atoms in total. The third-order valence-electron chi connectivity index (χ3n) is 2.55. The highest BCUT2D eigenvalue weighted by Crippen LogP contribution is 2.36. The van der Waals surface area contributed by atoms with Crippen molar-refractivity contribution in [2.24, 2.45) is 7.05 Å². The average Bonchev–Trinajstić information content (AvgIpc) is 2.83. The van der Waals surface area contributed by atoms with Gasteiger partial charge in [-0.15, -0.1) is 11.3 Å². The number of nitrogens with one attached hydrogen (secondary N) is 1. The Bertz CT molecular complexity index is 489. The molecule has 1 unspecified atom stereocenters. The second-order valence-corrected chi connectivity index (χ2v) is 6.87. The molecular weight excluding hydrogens is 368 g/mol. The van der Waals surface area contributed by atoms with Gasteiger partial charge in [0.05, 0.1) is 3.79 Å². The van der Waals surface area contributed by atoms with Gasteiger partial charge in [-0.25, -0.2) is 4.98 Å². The molecule has 0 amide bonds. The quantitative estimate of drug-likeness (QED) is 0.887. The first-order chi connectivity index (χ1) is 8.11. The summed E-state index contributed by atoms with van der Waals surface area (Å²) in [5.41, 5.74) is 0. The summed E-state index contributed by atoms with van der Waals surface area (Å²) in [7, 11) is 3.87. The van der Waals surface area contributed by atoms with E-state index in [9.17, 15) is 0 Å². The maximum Gasteiger partial charge on any atom is 0.138 e. The van der Waals surface area contributed by atoms with Gasteiger partial charge >= 0.3 is 0 Å². The van der Waals surface area contributed by atoms with E-state index in [4.69, 9.17) is 0 Å². The number of hydrogen-bond donors (Lipinski definition) is 1. The molecule has 0 fully saturated rings. The number of rotatable bonds is 4.